The number of carbonyl (C=O) groups excluding carboxylic acids is 1. The highest BCUT2D eigenvalue weighted by molar-refractivity contribution is 7.99. The van der Waals surface area contributed by atoms with Crippen LogP contribution in [0.1, 0.15) is 19.8 Å². The number of unbranched alkanes of at least 4 members (excludes halogenated alkanes) is 1. The van der Waals surface area contributed by atoms with E-state index in [-0.39, 0.29) is 17.5 Å². The molecule has 1 aromatic carbocycles. The van der Waals surface area contributed by atoms with Gasteiger partial charge in [0.2, 0.25) is 0 Å². The third-order valence-corrected chi connectivity index (χ3v) is 3.66. The Hall–Kier alpha value is -1.82. The van der Waals surface area contributed by atoms with Gasteiger partial charge in [0.05, 0.1) is 24.3 Å². The van der Waals surface area contributed by atoms with Crippen LogP contribution in [0.25, 0.3) is 11.3 Å². The van der Waals surface area contributed by atoms with Crippen molar-refractivity contribution in [1.29, 1.82) is 0 Å². The Kier molecular flexibility index (Phi) is 5.80. The van der Waals surface area contributed by atoms with Crippen LogP contribution in [0.3, 0.4) is 0 Å². The lowest BCUT2D eigenvalue weighted by Gasteiger charge is -2.02. The second-order valence-corrected chi connectivity index (χ2v) is 5.44. The number of hydrogen-bond acceptors (Lipinski definition) is 4. The summed E-state index contributed by atoms with van der Waals surface area (Å²) in [6, 6.07) is 6.15. The van der Waals surface area contributed by atoms with Gasteiger partial charge in [0.1, 0.15) is 5.82 Å². The number of nitrogens with one attached hydrogen (secondary N) is 1. The summed E-state index contributed by atoms with van der Waals surface area (Å²) in [5.41, 5.74) is 1.64. The van der Waals surface area contributed by atoms with Crippen LogP contribution in [0.15, 0.2) is 35.6 Å². The van der Waals surface area contributed by atoms with E-state index in [1.165, 1.54) is 23.9 Å². The van der Waals surface area contributed by atoms with Crippen molar-refractivity contribution in [2.45, 2.75) is 24.9 Å². The third-order valence-electron chi connectivity index (χ3n) is 2.80. The Balaban J connectivity index is 1.86. The summed E-state index contributed by atoms with van der Waals surface area (Å²) in [5.74, 6) is -0.295. The Morgan fingerprint density at radius 1 is 1.38 bits per heavy atom. The first kappa shape index (κ1) is 15.6. The monoisotopic (exact) mass is 308 g/mol. The van der Waals surface area contributed by atoms with Crippen LogP contribution < -0.4 is 0 Å². The fourth-order valence-corrected chi connectivity index (χ4v) is 2.30. The highest BCUT2D eigenvalue weighted by Gasteiger charge is 2.08. The van der Waals surface area contributed by atoms with Crippen LogP contribution >= 0.6 is 11.8 Å². The molecule has 1 aromatic heterocycles. The van der Waals surface area contributed by atoms with Crippen LogP contribution in [-0.4, -0.2) is 28.3 Å². The number of aromatic nitrogens is 2. The van der Waals surface area contributed by atoms with E-state index in [1.807, 2.05) is 6.92 Å². The number of rotatable bonds is 7. The van der Waals surface area contributed by atoms with Gasteiger partial charge in [-0.05, 0) is 36.2 Å². The predicted molar refractivity (Wildman–Crippen MR) is 80.6 cm³/mol. The van der Waals surface area contributed by atoms with E-state index in [4.69, 9.17) is 4.74 Å². The Morgan fingerprint density at radius 2 is 2.14 bits per heavy atom. The lowest BCUT2D eigenvalue weighted by atomic mass is 10.2. The van der Waals surface area contributed by atoms with Crippen LogP contribution in [0.5, 0.6) is 0 Å². The lowest BCUT2D eigenvalue weighted by molar-refractivity contribution is -0.140. The van der Waals surface area contributed by atoms with Gasteiger partial charge in [-0.3, -0.25) is 4.79 Å². The number of H-pyrrole nitrogens is 1. The maximum absolute atomic E-state index is 12.9. The molecule has 0 unspecified atom stereocenters. The van der Waals surface area contributed by atoms with E-state index in [9.17, 15) is 9.18 Å². The molecule has 0 bridgehead atoms. The van der Waals surface area contributed by atoms with Crippen molar-refractivity contribution in [2.75, 3.05) is 12.4 Å². The smallest absolute Gasteiger partial charge is 0.316 e. The first-order valence-corrected chi connectivity index (χ1v) is 7.77. The molecule has 4 nitrogen and oxygen atoms in total. The molecule has 0 radical (unpaired) electrons. The SMILES string of the molecule is CCCCOC(=O)CSc1ncc(-c2ccc(F)cc2)[nH]1. The second kappa shape index (κ2) is 7.83. The number of aromatic amines is 1. The molecule has 6 heteroatoms. The number of thioether (sulfide) groups is 1. The molecule has 21 heavy (non-hydrogen) atoms. The maximum Gasteiger partial charge on any atom is 0.316 e. The molecule has 1 N–H and O–H groups in total. The first-order chi connectivity index (χ1) is 10.2. The predicted octanol–water partition coefficient (Wildman–Crippen LogP) is 3.65. The van der Waals surface area contributed by atoms with Gasteiger partial charge in [0.25, 0.3) is 0 Å². The zero-order valence-electron chi connectivity index (χ0n) is 11.8. The van der Waals surface area contributed by atoms with E-state index in [0.717, 1.165) is 24.1 Å². The number of carbonyl (C=O) groups is 1. The quantitative estimate of drug-likeness (QED) is 0.482. The molecule has 1 heterocycles. The van der Waals surface area contributed by atoms with E-state index < -0.39 is 0 Å². The minimum Gasteiger partial charge on any atom is -0.465 e. The largest absolute Gasteiger partial charge is 0.465 e. The van der Waals surface area contributed by atoms with Crippen molar-refractivity contribution < 1.29 is 13.9 Å². The minimum absolute atomic E-state index is 0.222. The lowest BCUT2D eigenvalue weighted by Crippen LogP contribution is -2.08. The van der Waals surface area contributed by atoms with Crippen molar-refractivity contribution in [3.05, 3.63) is 36.3 Å². The molecule has 2 aromatic rings. The number of imidazole rings is 1. The summed E-state index contributed by atoms with van der Waals surface area (Å²) >= 11 is 1.29. The van der Waals surface area contributed by atoms with Gasteiger partial charge in [-0.25, -0.2) is 9.37 Å². The topological polar surface area (TPSA) is 55.0 Å². The average Bonchev–Trinajstić information content (AvgIpc) is 2.95. The number of esters is 1. The normalized spacial score (nSPS) is 10.6. The molecular formula is C15H17FN2O2S. The maximum atomic E-state index is 12.9. The summed E-state index contributed by atoms with van der Waals surface area (Å²) in [5, 5.41) is 0.641. The molecule has 0 fully saturated rings. The summed E-state index contributed by atoms with van der Waals surface area (Å²) in [7, 11) is 0. The number of halogens is 1. The Labute approximate surface area is 127 Å². The molecule has 112 valence electrons. The summed E-state index contributed by atoms with van der Waals surface area (Å²) in [6.07, 6.45) is 3.55. The van der Waals surface area contributed by atoms with E-state index >= 15 is 0 Å². The molecule has 2 rings (SSSR count). The highest BCUT2D eigenvalue weighted by Crippen LogP contribution is 2.21. The minimum atomic E-state index is -0.275. The van der Waals surface area contributed by atoms with Crippen LogP contribution in [0.4, 0.5) is 4.39 Å². The summed E-state index contributed by atoms with van der Waals surface area (Å²) in [4.78, 5) is 18.8. The van der Waals surface area contributed by atoms with Gasteiger partial charge < -0.3 is 9.72 Å². The molecule has 0 saturated heterocycles. The summed E-state index contributed by atoms with van der Waals surface area (Å²) in [6.45, 7) is 2.51. The fourth-order valence-electron chi connectivity index (χ4n) is 1.65. The number of nitrogens with zero attached hydrogens (tertiary/aromatic N) is 1. The van der Waals surface area contributed by atoms with E-state index in [1.54, 1.807) is 18.3 Å². The molecule has 0 aliphatic rings. The Morgan fingerprint density at radius 3 is 2.86 bits per heavy atom. The number of ether oxygens (including phenoxy) is 1. The van der Waals surface area contributed by atoms with Gasteiger partial charge in [0.15, 0.2) is 5.16 Å². The van der Waals surface area contributed by atoms with E-state index in [0.29, 0.717) is 11.8 Å². The van der Waals surface area contributed by atoms with Gasteiger partial charge >= 0.3 is 5.97 Å². The van der Waals surface area contributed by atoms with Crippen LogP contribution in [0, 0.1) is 5.82 Å². The third kappa shape index (κ3) is 4.90. The van der Waals surface area contributed by atoms with Crippen molar-refractivity contribution in [3.8, 4) is 11.3 Å². The van der Waals surface area contributed by atoms with Gasteiger partial charge in [0, 0.05) is 0 Å². The first-order valence-electron chi connectivity index (χ1n) is 6.78. The molecular weight excluding hydrogens is 291 g/mol. The zero-order valence-corrected chi connectivity index (χ0v) is 12.6. The van der Waals surface area contributed by atoms with Crippen molar-refractivity contribution >= 4 is 17.7 Å². The standard InChI is InChI=1S/C15H17FN2O2S/c1-2-3-8-20-14(19)10-21-15-17-9-13(18-15)11-4-6-12(16)7-5-11/h4-7,9H,2-3,8,10H2,1H3,(H,17,18). The average molecular weight is 308 g/mol. The number of hydrogen-bond donors (Lipinski definition) is 1. The molecule has 0 saturated carbocycles. The number of benzene rings is 1. The van der Waals surface area contributed by atoms with Crippen molar-refractivity contribution in [2.24, 2.45) is 0 Å². The van der Waals surface area contributed by atoms with E-state index in [2.05, 4.69) is 9.97 Å². The molecule has 0 atom stereocenters. The molecule has 0 aliphatic carbocycles. The highest BCUT2D eigenvalue weighted by atomic mass is 32.2. The Bertz CT molecular complexity index is 584. The van der Waals surface area contributed by atoms with Crippen LogP contribution in [0.2, 0.25) is 0 Å². The van der Waals surface area contributed by atoms with Crippen LogP contribution in [-0.2, 0) is 9.53 Å². The van der Waals surface area contributed by atoms with Crippen molar-refractivity contribution in [3.63, 3.8) is 0 Å². The molecule has 0 amide bonds. The molecule has 0 spiro atoms. The summed E-state index contributed by atoms with van der Waals surface area (Å²) < 4.78 is 17.9. The van der Waals surface area contributed by atoms with Gasteiger partial charge in [-0.1, -0.05) is 25.1 Å². The van der Waals surface area contributed by atoms with Gasteiger partial charge in [-0.15, -0.1) is 0 Å². The van der Waals surface area contributed by atoms with Crippen molar-refractivity contribution in [1.82, 2.24) is 9.97 Å². The second-order valence-electron chi connectivity index (χ2n) is 4.47. The zero-order chi connectivity index (χ0) is 15.1. The van der Waals surface area contributed by atoms with Gasteiger partial charge in [-0.2, -0.15) is 0 Å². The molecule has 0 aliphatic heterocycles. The fraction of sp³-hybridized carbons (Fsp3) is 0.333.